The van der Waals surface area contributed by atoms with E-state index in [0.29, 0.717) is 5.01 Å². The number of Topliss-reactive ketones (excluding diaryl/α,β-unsaturated/α-hetero) is 1. The Morgan fingerprint density at radius 1 is 1.08 bits per heavy atom. The third-order valence-electron chi connectivity index (χ3n) is 5.64. The molecule has 0 radical (unpaired) electrons. The highest BCUT2D eigenvalue weighted by Crippen LogP contribution is 2.26. The van der Waals surface area contributed by atoms with E-state index in [1.54, 1.807) is 31.2 Å². The van der Waals surface area contributed by atoms with Crippen LogP contribution in [0.3, 0.4) is 0 Å². The lowest BCUT2D eigenvalue weighted by atomic mass is 9.92. The maximum Gasteiger partial charge on any atom is 0.260 e. The second-order valence-electron chi connectivity index (χ2n) is 8.86. The Bertz CT molecular complexity index is 1130. The number of aryl methyl sites for hydroxylation is 1. The van der Waals surface area contributed by atoms with Crippen molar-refractivity contribution in [3.05, 3.63) is 51.5 Å². The van der Waals surface area contributed by atoms with Crippen LogP contribution < -0.4 is 16.4 Å². The molecule has 13 heteroatoms. The molecule has 11 nitrogen and oxygen atoms in total. The van der Waals surface area contributed by atoms with Crippen molar-refractivity contribution < 1.29 is 33.8 Å². The molecule has 0 fully saturated rings. The molecule has 0 aliphatic rings. The molecule has 208 valence electrons. The number of thiazole rings is 1. The molecule has 1 heterocycles. The van der Waals surface area contributed by atoms with E-state index in [1.165, 1.54) is 21.1 Å². The Balaban J connectivity index is 2.31. The van der Waals surface area contributed by atoms with E-state index < -0.39 is 47.1 Å². The number of benzene rings is 1. The van der Waals surface area contributed by atoms with E-state index >= 15 is 0 Å². The third-order valence-corrected chi connectivity index (χ3v) is 7.73. The molecule has 0 aliphatic heterocycles. The number of nitrogens with zero attached hydrogens (tertiary/aromatic N) is 1. The van der Waals surface area contributed by atoms with Crippen LogP contribution in [-0.2, 0) is 30.3 Å². The monoisotopic (exact) mass is 612 g/mol. The number of methoxy groups -OCH3 is 2. The highest BCUT2D eigenvalue weighted by Gasteiger charge is 2.38. The van der Waals surface area contributed by atoms with Gasteiger partial charge in [0.05, 0.1) is 30.0 Å². The fourth-order valence-electron chi connectivity index (χ4n) is 3.70. The molecule has 0 spiro atoms. The van der Waals surface area contributed by atoms with E-state index in [0.717, 1.165) is 16.9 Å². The second-order valence-corrected chi connectivity index (χ2v) is 10.6. The molecule has 2 rings (SSSR count). The minimum Gasteiger partial charge on any atom is -0.383 e. The molecule has 0 saturated heterocycles. The number of primary amides is 1. The van der Waals surface area contributed by atoms with Gasteiger partial charge in [0.1, 0.15) is 22.4 Å². The average molecular weight is 614 g/mol. The molecule has 1 aromatic carbocycles. The van der Waals surface area contributed by atoms with E-state index in [9.17, 15) is 24.3 Å². The normalized spacial score (nSPS) is 15.1. The van der Waals surface area contributed by atoms with Crippen molar-refractivity contribution in [1.82, 2.24) is 15.6 Å². The predicted octanol–water partition coefficient (Wildman–Crippen LogP) is 0.854. The number of hydrogen-bond donors (Lipinski definition) is 4. The van der Waals surface area contributed by atoms with E-state index in [2.05, 4.69) is 31.5 Å². The first kappa shape index (κ1) is 31.5. The summed E-state index contributed by atoms with van der Waals surface area (Å²) >= 11 is 4.19. The molecule has 0 aliphatic carbocycles. The van der Waals surface area contributed by atoms with Gasteiger partial charge in [0.15, 0.2) is 5.78 Å². The van der Waals surface area contributed by atoms with Crippen molar-refractivity contribution in [1.29, 1.82) is 0 Å². The number of carbonyl (C=O) groups excluding carboxylic acids is 4. The number of hydrogen-bond acceptors (Lipinski definition) is 9. The first-order chi connectivity index (χ1) is 17.9. The first-order valence-electron chi connectivity index (χ1n) is 11.7. The van der Waals surface area contributed by atoms with Crippen LogP contribution in [0.2, 0.25) is 0 Å². The van der Waals surface area contributed by atoms with Crippen LogP contribution in [0.4, 0.5) is 0 Å². The number of amides is 3. The maximum atomic E-state index is 13.3. The van der Waals surface area contributed by atoms with Crippen LogP contribution in [0.5, 0.6) is 0 Å². The van der Waals surface area contributed by atoms with E-state index in [-0.39, 0.29) is 35.5 Å². The van der Waals surface area contributed by atoms with Crippen LogP contribution in [0.15, 0.2) is 30.3 Å². The van der Waals surface area contributed by atoms with Gasteiger partial charge in [0.25, 0.3) is 5.91 Å². The minimum absolute atomic E-state index is 0.0355. The topological polar surface area (TPSA) is 170 Å². The number of rotatable bonds is 15. The summed E-state index contributed by atoms with van der Waals surface area (Å²) in [6.07, 6.45) is 0.120. The summed E-state index contributed by atoms with van der Waals surface area (Å²) < 4.78 is 10.3. The summed E-state index contributed by atoms with van der Waals surface area (Å²) in [5.41, 5.74) is 4.64. The van der Waals surface area contributed by atoms with Crippen LogP contribution in [0, 0.1) is 6.92 Å². The van der Waals surface area contributed by atoms with Gasteiger partial charge in [0.2, 0.25) is 11.8 Å². The lowest BCUT2D eigenvalue weighted by molar-refractivity contribution is -0.139. The highest BCUT2D eigenvalue weighted by atomic mass is 79.9. The number of aliphatic hydroxyl groups is 1. The lowest BCUT2D eigenvalue weighted by Crippen LogP contribution is -2.58. The summed E-state index contributed by atoms with van der Waals surface area (Å²) in [5.74, 6) is -3.70. The van der Waals surface area contributed by atoms with Gasteiger partial charge in [-0.25, -0.2) is 4.98 Å². The number of nitrogens with one attached hydrogen (secondary N) is 2. The van der Waals surface area contributed by atoms with Gasteiger partial charge in [-0.15, -0.1) is 11.3 Å². The van der Waals surface area contributed by atoms with Crippen molar-refractivity contribution in [3.8, 4) is 0 Å². The molecular weight excluding hydrogens is 580 g/mol. The Morgan fingerprint density at radius 3 is 2.24 bits per heavy atom. The van der Waals surface area contributed by atoms with Gasteiger partial charge in [-0.2, -0.15) is 0 Å². The molecule has 38 heavy (non-hydrogen) atoms. The standard InChI is InChI=1S/C25H33BrN4O7S/c1-14-28-19(20(38-14)22(27)32)16(11-36-3)23(33)30-18(12-37-4)24(34)29-17(21(31)25(2,35)13-26)10-15-8-6-5-7-9-15/h5-9,16-18,35H,10-13H2,1-4H3,(H2,27,32)(H,29,34)(H,30,33)/t16-,17+,18+,25-/m1/s1. The molecule has 2 aromatic rings. The third kappa shape index (κ3) is 8.40. The van der Waals surface area contributed by atoms with Gasteiger partial charge in [-0.05, 0) is 25.8 Å². The largest absolute Gasteiger partial charge is 0.383 e. The number of carbonyl (C=O) groups is 4. The van der Waals surface area contributed by atoms with E-state index in [4.69, 9.17) is 15.2 Å². The first-order valence-corrected chi connectivity index (χ1v) is 13.6. The Labute approximate surface area is 233 Å². The molecule has 0 saturated carbocycles. The fraction of sp³-hybridized carbons (Fsp3) is 0.480. The average Bonchev–Trinajstić information content (AvgIpc) is 3.28. The molecule has 1 aromatic heterocycles. The minimum atomic E-state index is -1.75. The molecule has 0 unspecified atom stereocenters. The van der Waals surface area contributed by atoms with Crippen LogP contribution >= 0.6 is 27.3 Å². The number of ketones is 1. The maximum absolute atomic E-state index is 13.3. The van der Waals surface area contributed by atoms with Crippen molar-refractivity contribution in [2.45, 2.75) is 43.9 Å². The number of alkyl halides is 1. The number of ether oxygens (including phenoxy) is 2. The number of aromatic nitrogens is 1. The summed E-state index contributed by atoms with van der Waals surface area (Å²) in [6.45, 7) is 2.69. The van der Waals surface area contributed by atoms with Gasteiger partial charge < -0.3 is 30.9 Å². The summed E-state index contributed by atoms with van der Waals surface area (Å²) in [7, 11) is 2.74. The second kappa shape index (κ2) is 14.4. The van der Waals surface area contributed by atoms with Crippen molar-refractivity contribution in [2.75, 3.05) is 32.8 Å². The zero-order valence-corrected chi connectivity index (χ0v) is 24.1. The quantitative estimate of drug-likeness (QED) is 0.214. The van der Waals surface area contributed by atoms with Crippen LogP contribution in [0.1, 0.15) is 38.8 Å². The Hall–Kier alpha value is -2.71. The van der Waals surface area contributed by atoms with Crippen molar-refractivity contribution in [2.24, 2.45) is 5.73 Å². The molecule has 4 atom stereocenters. The Morgan fingerprint density at radius 2 is 1.68 bits per heavy atom. The van der Waals surface area contributed by atoms with Crippen LogP contribution in [0.25, 0.3) is 0 Å². The van der Waals surface area contributed by atoms with Gasteiger partial charge in [-0.3, -0.25) is 19.2 Å². The fourth-order valence-corrected chi connectivity index (χ4v) is 4.80. The van der Waals surface area contributed by atoms with Gasteiger partial charge in [0, 0.05) is 19.5 Å². The summed E-state index contributed by atoms with van der Waals surface area (Å²) in [6, 6.07) is 6.71. The lowest BCUT2D eigenvalue weighted by Gasteiger charge is -2.28. The summed E-state index contributed by atoms with van der Waals surface area (Å²) in [4.78, 5) is 56.1. The zero-order chi connectivity index (χ0) is 28.5. The number of nitrogens with two attached hydrogens (primary N) is 1. The van der Waals surface area contributed by atoms with Crippen molar-refractivity contribution >= 4 is 50.8 Å². The van der Waals surface area contributed by atoms with E-state index in [1.807, 2.05) is 6.07 Å². The smallest absolute Gasteiger partial charge is 0.260 e. The number of halogens is 1. The predicted molar refractivity (Wildman–Crippen MR) is 145 cm³/mol. The van der Waals surface area contributed by atoms with Crippen LogP contribution in [-0.4, -0.2) is 84.0 Å². The molecular formula is C25H33BrN4O7S. The molecule has 5 N–H and O–H groups in total. The van der Waals surface area contributed by atoms with Gasteiger partial charge in [-0.1, -0.05) is 46.3 Å². The van der Waals surface area contributed by atoms with Gasteiger partial charge >= 0.3 is 0 Å². The SMILES string of the molecule is COC[C@H](NC(=O)[C@H](COC)c1nc(C)sc1C(N)=O)C(=O)N[C@@H](Cc1ccccc1)C(=O)[C@](C)(O)CBr. The molecule has 3 amide bonds. The highest BCUT2D eigenvalue weighted by molar-refractivity contribution is 9.09. The van der Waals surface area contributed by atoms with Crippen molar-refractivity contribution in [3.63, 3.8) is 0 Å². The Kier molecular flexibility index (Phi) is 12.0. The zero-order valence-electron chi connectivity index (χ0n) is 21.7. The molecule has 0 bridgehead atoms. The summed E-state index contributed by atoms with van der Waals surface area (Å²) in [5, 5.41) is 16.3.